The second kappa shape index (κ2) is 7.49. The second-order valence-corrected chi connectivity index (χ2v) is 4.05. The summed E-state index contributed by atoms with van der Waals surface area (Å²) in [6.45, 7) is 4.19. The molecule has 1 N–H and O–H groups in total. The SMILES string of the molecule is COCC(C)NCCOc1cccc(Cl)c1. The van der Waals surface area contributed by atoms with Gasteiger partial charge in [-0.15, -0.1) is 0 Å². The summed E-state index contributed by atoms with van der Waals surface area (Å²) in [5.41, 5.74) is 0. The van der Waals surface area contributed by atoms with Gasteiger partial charge < -0.3 is 14.8 Å². The van der Waals surface area contributed by atoms with Crippen molar-refractivity contribution in [2.75, 3.05) is 26.9 Å². The van der Waals surface area contributed by atoms with Gasteiger partial charge in [0.2, 0.25) is 0 Å². The monoisotopic (exact) mass is 243 g/mol. The van der Waals surface area contributed by atoms with Crippen molar-refractivity contribution in [2.24, 2.45) is 0 Å². The minimum Gasteiger partial charge on any atom is -0.492 e. The molecule has 0 bridgehead atoms. The number of halogens is 1. The molecule has 3 nitrogen and oxygen atoms in total. The van der Waals surface area contributed by atoms with Crippen LogP contribution in [0.4, 0.5) is 0 Å². The minimum absolute atomic E-state index is 0.341. The number of ether oxygens (including phenoxy) is 2. The second-order valence-electron chi connectivity index (χ2n) is 3.62. The van der Waals surface area contributed by atoms with Gasteiger partial charge in [-0.2, -0.15) is 0 Å². The first-order chi connectivity index (χ1) is 7.72. The largest absolute Gasteiger partial charge is 0.492 e. The molecule has 0 spiro atoms. The van der Waals surface area contributed by atoms with Crippen LogP contribution in [0.25, 0.3) is 0 Å². The molecule has 90 valence electrons. The fraction of sp³-hybridized carbons (Fsp3) is 0.500. The van der Waals surface area contributed by atoms with Gasteiger partial charge in [-0.3, -0.25) is 0 Å². The van der Waals surface area contributed by atoms with Gasteiger partial charge in [0.1, 0.15) is 12.4 Å². The standard InChI is InChI=1S/C12H18ClNO2/c1-10(9-15-2)14-6-7-16-12-5-3-4-11(13)8-12/h3-5,8,10,14H,6-7,9H2,1-2H3. The molecule has 0 radical (unpaired) electrons. The van der Waals surface area contributed by atoms with Crippen molar-refractivity contribution in [2.45, 2.75) is 13.0 Å². The molecule has 16 heavy (non-hydrogen) atoms. The molecule has 0 saturated carbocycles. The lowest BCUT2D eigenvalue weighted by Crippen LogP contribution is -2.33. The third kappa shape index (κ3) is 5.35. The summed E-state index contributed by atoms with van der Waals surface area (Å²) in [4.78, 5) is 0. The highest BCUT2D eigenvalue weighted by molar-refractivity contribution is 6.30. The van der Waals surface area contributed by atoms with Crippen LogP contribution in [0.3, 0.4) is 0 Å². The Morgan fingerprint density at radius 2 is 2.25 bits per heavy atom. The molecule has 1 atom stereocenters. The van der Waals surface area contributed by atoms with Crippen molar-refractivity contribution >= 4 is 11.6 Å². The fourth-order valence-corrected chi connectivity index (χ4v) is 1.52. The van der Waals surface area contributed by atoms with Gasteiger partial charge in [-0.25, -0.2) is 0 Å². The van der Waals surface area contributed by atoms with E-state index in [9.17, 15) is 0 Å². The Morgan fingerprint density at radius 1 is 1.44 bits per heavy atom. The summed E-state index contributed by atoms with van der Waals surface area (Å²) in [5.74, 6) is 0.800. The van der Waals surface area contributed by atoms with Gasteiger partial charge in [0.05, 0.1) is 6.61 Å². The topological polar surface area (TPSA) is 30.5 Å². The first-order valence-corrected chi connectivity index (χ1v) is 5.71. The highest BCUT2D eigenvalue weighted by atomic mass is 35.5. The fourth-order valence-electron chi connectivity index (χ4n) is 1.34. The maximum Gasteiger partial charge on any atom is 0.120 e. The van der Waals surface area contributed by atoms with Gasteiger partial charge in [-0.05, 0) is 25.1 Å². The summed E-state index contributed by atoms with van der Waals surface area (Å²) >= 11 is 5.84. The summed E-state index contributed by atoms with van der Waals surface area (Å²) in [5, 5.41) is 3.98. The van der Waals surface area contributed by atoms with E-state index >= 15 is 0 Å². The zero-order valence-corrected chi connectivity index (χ0v) is 10.5. The van der Waals surface area contributed by atoms with E-state index in [0.717, 1.165) is 12.3 Å². The molecule has 0 aromatic heterocycles. The third-order valence-corrected chi connectivity index (χ3v) is 2.31. The van der Waals surface area contributed by atoms with E-state index in [-0.39, 0.29) is 0 Å². The van der Waals surface area contributed by atoms with E-state index in [1.54, 1.807) is 13.2 Å². The van der Waals surface area contributed by atoms with Crippen molar-refractivity contribution in [1.82, 2.24) is 5.32 Å². The first kappa shape index (κ1) is 13.3. The first-order valence-electron chi connectivity index (χ1n) is 5.33. The molecular weight excluding hydrogens is 226 g/mol. The van der Waals surface area contributed by atoms with E-state index in [1.807, 2.05) is 18.2 Å². The van der Waals surface area contributed by atoms with Crippen LogP contribution in [0.15, 0.2) is 24.3 Å². The summed E-state index contributed by atoms with van der Waals surface area (Å²) in [7, 11) is 1.70. The van der Waals surface area contributed by atoms with Crippen molar-refractivity contribution < 1.29 is 9.47 Å². The summed E-state index contributed by atoms with van der Waals surface area (Å²) < 4.78 is 10.5. The Bertz CT molecular complexity index is 307. The zero-order chi connectivity index (χ0) is 11.8. The Morgan fingerprint density at radius 3 is 2.94 bits per heavy atom. The maximum atomic E-state index is 5.84. The van der Waals surface area contributed by atoms with E-state index in [1.165, 1.54) is 0 Å². The highest BCUT2D eigenvalue weighted by Gasteiger charge is 1.99. The number of benzene rings is 1. The summed E-state index contributed by atoms with van der Waals surface area (Å²) in [6, 6.07) is 7.74. The maximum absolute atomic E-state index is 5.84. The molecule has 1 aromatic carbocycles. The average Bonchev–Trinajstić information content (AvgIpc) is 2.25. The lowest BCUT2D eigenvalue weighted by molar-refractivity contribution is 0.169. The van der Waals surface area contributed by atoms with Crippen LogP contribution in [0.2, 0.25) is 5.02 Å². The Hall–Kier alpha value is -0.770. The molecule has 0 amide bonds. The lowest BCUT2D eigenvalue weighted by Gasteiger charge is -2.13. The molecule has 1 aromatic rings. The van der Waals surface area contributed by atoms with Gasteiger partial charge in [0, 0.05) is 24.7 Å². The zero-order valence-electron chi connectivity index (χ0n) is 9.70. The van der Waals surface area contributed by atoms with Crippen molar-refractivity contribution in [1.29, 1.82) is 0 Å². The third-order valence-electron chi connectivity index (χ3n) is 2.08. The molecule has 0 fully saturated rings. The van der Waals surface area contributed by atoms with Gasteiger partial charge in [0.15, 0.2) is 0 Å². The van der Waals surface area contributed by atoms with E-state index in [4.69, 9.17) is 21.1 Å². The van der Waals surface area contributed by atoms with Crippen LogP contribution < -0.4 is 10.1 Å². The molecule has 0 aliphatic heterocycles. The predicted molar refractivity (Wildman–Crippen MR) is 66.3 cm³/mol. The van der Waals surface area contributed by atoms with Crippen molar-refractivity contribution in [3.63, 3.8) is 0 Å². The minimum atomic E-state index is 0.341. The van der Waals surface area contributed by atoms with Crippen molar-refractivity contribution in [3.05, 3.63) is 29.3 Å². The number of nitrogens with one attached hydrogen (secondary N) is 1. The van der Waals surface area contributed by atoms with E-state index in [2.05, 4.69) is 12.2 Å². The highest BCUT2D eigenvalue weighted by Crippen LogP contribution is 2.16. The van der Waals surface area contributed by atoms with Crippen LogP contribution in [0.1, 0.15) is 6.92 Å². The van der Waals surface area contributed by atoms with E-state index in [0.29, 0.717) is 24.3 Å². The number of hydrogen-bond donors (Lipinski definition) is 1. The summed E-state index contributed by atoms with van der Waals surface area (Å²) in [6.07, 6.45) is 0. The van der Waals surface area contributed by atoms with Gasteiger partial charge in [0.25, 0.3) is 0 Å². The molecule has 1 unspecified atom stereocenters. The number of rotatable bonds is 7. The molecule has 4 heteroatoms. The van der Waals surface area contributed by atoms with Crippen LogP contribution in [-0.2, 0) is 4.74 Å². The van der Waals surface area contributed by atoms with Crippen molar-refractivity contribution in [3.8, 4) is 5.75 Å². The van der Waals surface area contributed by atoms with Crippen LogP contribution in [0, 0.1) is 0 Å². The normalized spacial score (nSPS) is 12.4. The Balaban J connectivity index is 2.16. The molecule has 0 heterocycles. The smallest absolute Gasteiger partial charge is 0.120 e. The van der Waals surface area contributed by atoms with E-state index < -0.39 is 0 Å². The Kier molecular flexibility index (Phi) is 6.23. The van der Waals surface area contributed by atoms with Gasteiger partial charge in [-0.1, -0.05) is 17.7 Å². The predicted octanol–water partition coefficient (Wildman–Crippen LogP) is 2.34. The molecule has 0 saturated heterocycles. The molecule has 1 rings (SSSR count). The number of hydrogen-bond acceptors (Lipinski definition) is 3. The van der Waals surface area contributed by atoms with Crippen LogP contribution in [-0.4, -0.2) is 32.9 Å². The molecule has 0 aliphatic carbocycles. The van der Waals surface area contributed by atoms with Crippen LogP contribution in [0.5, 0.6) is 5.75 Å². The number of methoxy groups -OCH3 is 1. The van der Waals surface area contributed by atoms with Gasteiger partial charge >= 0.3 is 0 Å². The molecular formula is C12H18ClNO2. The lowest BCUT2D eigenvalue weighted by atomic mass is 10.3. The Labute approximate surface area is 102 Å². The quantitative estimate of drug-likeness (QED) is 0.746. The van der Waals surface area contributed by atoms with Crippen LogP contribution >= 0.6 is 11.6 Å². The average molecular weight is 244 g/mol. The molecule has 0 aliphatic rings.